The summed E-state index contributed by atoms with van der Waals surface area (Å²) in [6, 6.07) is 0.241. The lowest BCUT2D eigenvalue weighted by molar-refractivity contribution is -0.174. The molecule has 0 fully saturated rings. The fourth-order valence-corrected chi connectivity index (χ4v) is 1.66. The van der Waals surface area contributed by atoms with Gasteiger partial charge in [-0.1, -0.05) is 0 Å². The lowest BCUT2D eigenvalue weighted by atomic mass is 10.0. The number of ether oxygens (including phenoxy) is 3. The van der Waals surface area contributed by atoms with E-state index >= 15 is 0 Å². The van der Waals surface area contributed by atoms with Crippen LogP contribution in [0, 0.1) is 0 Å². The van der Waals surface area contributed by atoms with Gasteiger partial charge in [-0.2, -0.15) is 8.78 Å². The minimum Gasteiger partial charge on any atom is -0.502 e. The molecule has 8 heteroatoms. The maximum Gasteiger partial charge on any atom is 0.379 e. The molecule has 1 rings (SSSR count). The zero-order chi connectivity index (χ0) is 16.2. The summed E-state index contributed by atoms with van der Waals surface area (Å²) in [4.78, 5) is 11.3. The molecule has 0 aromatic heterocycles. The van der Waals surface area contributed by atoms with Crippen molar-refractivity contribution in [3.8, 4) is 17.2 Å². The lowest BCUT2D eigenvalue weighted by Crippen LogP contribution is -2.41. The van der Waals surface area contributed by atoms with E-state index in [-0.39, 0.29) is 29.4 Å². The quantitative estimate of drug-likeness (QED) is 0.776. The Balaban J connectivity index is 3.23. The minimum atomic E-state index is -3.93. The predicted molar refractivity (Wildman–Crippen MR) is 69.7 cm³/mol. The van der Waals surface area contributed by atoms with Gasteiger partial charge in [0.15, 0.2) is 11.5 Å². The molecule has 21 heavy (non-hydrogen) atoms. The number of benzene rings is 1. The molecule has 118 valence electrons. The van der Waals surface area contributed by atoms with Crippen LogP contribution in [0.1, 0.15) is 18.5 Å². The molecular formula is C13H17F2NO5. The Morgan fingerprint density at radius 1 is 1.33 bits per heavy atom. The number of halogens is 2. The Morgan fingerprint density at radius 3 is 2.19 bits per heavy atom. The summed E-state index contributed by atoms with van der Waals surface area (Å²) in [6.45, 7) is 1.22. The van der Waals surface area contributed by atoms with Gasteiger partial charge in [0.1, 0.15) is 6.04 Å². The van der Waals surface area contributed by atoms with E-state index in [9.17, 15) is 18.7 Å². The number of nitrogens with two attached hydrogens (primary N) is 1. The minimum absolute atomic E-state index is 0.0977. The van der Waals surface area contributed by atoms with Crippen molar-refractivity contribution in [2.75, 3.05) is 20.8 Å². The summed E-state index contributed by atoms with van der Waals surface area (Å²) in [5.41, 5.74) is 5.32. The van der Waals surface area contributed by atoms with Gasteiger partial charge in [-0.25, -0.2) is 4.79 Å². The molecule has 0 amide bonds. The third kappa shape index (κ3) is 3.33. The first kappa shape index (κ1) is 17.0. The van der Waals surface area contributed by atoms with E-state index in [0.29, 0.717) is 0 Å². The molecule has 0 bridgehead atoms. The number of esters is 1. The van der Waals surface area contributed by atoms with E-state index in [0.717, 1.165) is 12.1 Å². The van der Waals surface area contributed by atoms with Gasteiger partial charge in [0.2, 0.25) is 5.75 Å². The van der Waals surface area contributed by atoms with Crippen LogP contribution >= 0.6 is 0 Å². The zero-order valence-corrected chi connectivity index (χ0v) is 11.9. The van der Waals surface area contributed by atoms with Gasteiger partial charge in [-0.05, 0) is 24.6 Å². The summed E-state index contributed by atoms with van der Waals surface area (Å²) in [5.74, 6) is -6.19. The summed E-state index contributed by atoms with van der Waals surface area (Å²) in [5, 5.41) is 9.72. The summed E-state index contributed by atoms with van der Waals surface area (Å²) >= 11 is 0. The van der Waals surface area contributed by atoms with Crippen LogP contribution < -0.4 is 15.2 Å². The predicted octanol–water partition coefficient (Wildman–Crippen LogP) is 1.61. The fourth-order valence-electron chi connectivity index (χ4n) is 1.66. The van der Waals surface area contributed by atoms with Crippen LogP contribution in [0.3, 0.4) is 0 Å². The van der Waals surface area contributed by atoms with Crippen molar-refractivity contribution in [2.24, 2.45) is 5.73 Å². The van der Waals surface area contributed by atoms with Gasteiger partial charge in [0, 0.05) is 0 Å². The van der Waals surface area contributed by atoms with Gasteiger partial charge < -0.3 is 25.1 Å². The van der Waals surface area contributed by atoms with E-state index in [1.54, 1.807) is 0 Å². The highest BCUT2D eigenvalue weighted by molar-refractivity contribution is 5.79. The van der Waals surface area contributed by atoms with Crippen molar-refractivity contribution < 1.29 is 32.9 Å². The van der Waals surface area contributed by atoms with Crippen LogP contribution in [-0.4, -0.2) is 37.8 Å². The molecule has 0 radical (unpaired) electrons. The van der Waals surface area contributed by atoms with Gasteiger partial charge in [0.05, 0.1) is 20.8 Å². The van der Waals surface area contributed by atoms with E-state index in [4.69, 9.17) is 15.2 Å². The monoisotopic (exact) mass is 305 g/mol. The third-order valence-electron chi connectivity index (χ3n) is 2.80. The van der Waals surface area contributed by atoms with E-state index in [1.807, 2.05) is 0 Å². The third-order valence-corrected chi connectivity index (χ3v) is 2.80. The summed E-state index contributed by atoms with van der Waals surface area (Å²) in [7, 11) is 2.49. The molecule has 0 aliphatic rings. The second kappa shape index (κ2) is 6.57. The highest BCUT2D eigenvalue weighted by atomic mass is 19.3. The van der Waals surface area contributed by atoms with Gasteiger partial charge in [0.25, 0.3) is 0 Å². The van der Waals surface area contributed by atoms with Crippen molar-refractivity contribution in [3.63, 3.8) is 0 Å². The van der Waals surface area contributed by atoms with Crippen LogP contribution in [0.5, 0.6) is 17.2 Å². The number of hydrogen-bond donors (Lipinski definition) is 2. The van der Waals surface area contributed by atoms with Crippen molar-refractivity contribution in [2.45, 2.75) is 18.9 Å². The molecule has 1 aromatic rings. The Kier molecular flexibility index (Phi) is 5.31. The molecule has 0 saturated carbocycles. The van der Waals surface area contributed by atoms with Gasteiger partial charge in [-0.15, -0.1) is 0 Å². The Morgan fingerprint density at radius 2 is 1.81 bits per heavy atom. The lowest BCUT2D eigenvalue weighted by Gasteiger charge is -2.23. The van der Waals surface area contributed by atoms with Crippen LogP contribution in [0.25, 0.3) is 0 Å². The maximum atomic E-state index is 13.9. The Labute approximate surface area is 120 Å². The molecule has 0 spiro atoms. The topological polar surface area (TPSA) is 91.0 Å². The average molecular weight is 305 g/mol. The molecule has 6 nitrogen and oxygen atoms in total. The smallest absolute Gasteiger partial charge is 0.379 e. The molecule has 0 aliphatic carbocycles. The van der Waals surface area contributed by atoms with Crippen LogP contribution in [0.2, 0.25) is 0 Å². The van der Waals surface area contributed by atoms with Crippen LogP contribution in [0.15, 0.2) is 12.1 Å². The van der Waals surface area contributed by atoms with Crippen LogP contribution in [0.4, 0.5) is 8.78 Å². The first-order chi connectivity index (χ1) is 9.79. The van der Waals surface area contributed by atoms with Crippen molar-refractivity contribution in [3.05, 3.63) is 17.7 Å². The number of phenolic OH excluding ortho intramolecular Hbond substituents is 1. The zero-order valence-electron chi connectivity index (χ0n) is 11.9. The molecule has 0 heterocycles. The van der Waals surface area contributed by atoms with Crippen LogP contribution in [-0.2, 0) is 9.53 Å². The largest absolute Gasteiger partial charge is 0.502 e. The highest BCUT2D eigenvalue weighted by Crippen LogP contribution is 2.41. The number of phenols is 1. The number of methoxy groups -OCH3 is 2. The van der Waals surface area contributed by atoms with Gasteiger partial charge >= 0.3 is 11.9 Å². The normalized spacial score (nSPS) is 12.7. The number of hydrogen-bond acceptors (Lipinski definition) is 6. The Bertz CT molecular complexity index is 496. The maximum absolute atomic E-state index is 13.9. The fraction of sp³-hybridized carbons (Fsp3) is 0.462. The number of alkyl halides is 2. The number of carbonyl (C=O) groups excluding carboxylic acids is 1. The van der Waals surface area contributed by atoms with Gasteiger partial charge in [-0.3, -0.25) is 0 Å². The second-order valence-electron chi connectivity index (χ2n) is 4.10. The SMILES string of the molecule is CCOC(=O)C(F)(F)[C@@H](N)c1cc(OC)c(O)c(OC)c1. The molecule has 0 saturated heterocycles. The molecule has 0 unspecified atom stereocenters. The van der Waals surface area contributed by atoms with E-state index in [2.05, 4.69) is 4.74 Å². The molecule has 3 N–H and O–H groups in total. The first-order valence-corrected chi connectivity index (χ1v) is 6.05. The Hall–Kier alpha value is -2.09. The first-order valence-electron chi connectivity index (χ1n) is 6.05. The molecule has 0 aliphatic heterocycles. The highest BCUT2D eigenvalue weighted by Gasteiger charge is 2.48. The number of aromatic hydroxyl groups is 1. The number of carbonyl (C=O) groups is 1. The van der Waals surface area contributed by atoms with E-state index in [1.165, 1.54) is 21.1 Å². The standard InChI is InChI=1S/C13H17F2NO5/c1-4-21-12(18)13(14,15)11(16)7-5-8(19-2)10(17)9(6-7)20-3/h5-6,11,17H,4,16H2,1-3H3/t11-/m0/s1. The van der Waals surface area contributed by atoms with Crippen molar-refractivity contribution >= 4 is 5.97 Å². The molecule has 1 aromatic carbocycles. The summed E-state index contributed by atoms with van der Waals surface area (Å²) in [6.07, 6.45) is 0. The van der Waals surface area contributed by atoms with Crippen molar-refractivity contribution in [1.82, 2.24) is 0 Å². The van der Waals surface area contributed by atoms with E-state index < -0.39 is 17.9 Å². The second-order valence-corrected chi connectivity index (χ2v) is 4.10. The summed E-state index contributed by atoms with van der Waals surface area (Å²) < 4.78 is 41.8. The molecule has 1 atom stereocenters. The number of rotatable bonds is 6. The molecular weight excluding hydrogens is 288 g/mol. The average Bonchev–Trinajstić information content (AvgIpc) is 2.46. The van der Waals surface area contributed by atoms with Crippen molar-refractivity contribution in [1.29, 1.82) is 0 Å².